The Morgan fingerprint density at radius 2 is 1.50 bits per heavy atom. The summed E-state index contributed by atoms with van der Waals surface area (Å²) in [6.07, 6.45) is 0.556. The Bertz CT molecular complexity index is 1200. The highest BCUT2D eigenvalue weighted by molar-refractivity contribution is 7.97. The molecule has 1 aromatic heterocycles. The minimum Gasteiger partial charge on any atom is -0.305 e. The number of rotatable bonds is 6. The molecule has 0 radical (unpaired) electrons. The fourth-order valence-corrected chi connectivity index (χ4v) is 4.65. The summed E-state index contributed by atoms with van der Waals surface area (Å²) in [7, 11) is 0. The lowest BCUT2D eigenvalue weighted by atomic mass is 10.00. The summed E-state index contributed by atoms with van der Waals surface area (Å²) in [4.78, 5) is 21.4. The van der Waals surface area contributed by atoms with Crippen LogP contribution < -0.4 is 9.62 Å². The summed E-state index contributed by atoms with van der Waals surface area (Å²) in [6.45, 7) is 0.521. The maximum Gasteiger partial charge on any atom is 0.245 e. The summed E-state index contributed by atoms with van der Waals surface area (Å²) in [5.41, 5.74) is 4.92. The SMILES string of the molecule is O=C1C(NSc2ccccc2)Cc2nc(-c3ccccc3)ccc2N1Cc1ccccc1. The van der Waals surface area contributed by atoms with Gasteiger partial charge in [0.05, 0.1) is 23.6 Å². The number of carbonyl (C=O) groups excluding carboxylic acids is 1. The second-order valence-electron chi connectivity index (χ2n) is 7.73. The Morgan fingerprint density at radius 1 is 0.844 bits per heavy atom. The number of aromatic nitrogens is 1. The Labute approximate surface area is 192 Å². The lowest BCUT2D eigenvalue weighted by Crippen LogP contribution is -2.49. The molecule has 1 aliphatic heterocycles. The summed E-state index contributed by atoms with van der Waals surface area (Å²) in [6, 6.07) is 34.0. The van der Waals surface area contributed by atoms with E-state index in [4.69, 9.17) is 4.98 Å². The highest BCUT2D eigenvalue weighted by Gasteiger charge is 2.34. The first-order valence-corrected chi connectivity index (χ1v) is 11.5. The quantitative estimate of drug-likeness (QED) is 0.405. The van der Waals surface area contributed by atoms with Gasteiger partial charge in [0.1, 0.15) is 6.04 Å². The molecule has 158 valence electrons. The predicted octanol–water partition coefficient (Wildman–Crippen LogP) is 5.50. The van der Waals surface area contributed by atoms with Crippen molar-refractivity contribution in [3.05, 3.63) is 114 Å². The van der Waals surface area contributed by atoms with E-state index in [1.807, 2.05) is 83.8 Å². The zero-order valence-electron chi connectivity index (χ0n) is 17.5. The molecule has 1 N–H and O–H groups in total. The van der Waals surface area contributed by atoms with Gasteiger partial charge in [-0.05, 0) is 41.8 Å². The third kappa shape index (κ3) is 4.44. The molecule has 1 unspecified atom stereocenters. The van der Waals surface area contributed by atoms with E-state index in [2.05, 4.69) is 29.0 Å². The molecule has 4 aromatic rings. The number of nitrogens with one attached hydrogen (secondary N) is 1. The standard InChI is InChI=1S/C27H23N3OS/c31-27-25(29-32-22-14-8-3-9-15-22)18-24-26(30(27)19-20-10-4-1-5-11-20)17-16-23(28-24)21-12-6-2-7-13-21/h1-17,25,29H,18-19H2. The minimum atomic E-state index is -0.352. The second-order valence-corrected chi connectivity index (χ2v) is 8.64. The predicted molar refractivity (Wildman–Crippen MR) is 130 cm³/mol. The van der Waals surface area contributed by atoms with Crippen LogP contribution in [-0.2, 0) is 17.8 Å². The summed E-state index contributed by atoms with van der Waals surface area (Å²) < 4.78 is 3.39. The van der Waals surface area contributed by atoms with Gasteiger partial charge in [0.15, 0.2) is 0 Å². The Hall–Kier alpha value is -3.41. The van der Waals surface area contributed by atoms with Crippen molar-refractivity contribution in [1.29, 1.82) is 0 Å². The lowest BCUT2D eigenvalue weighted by Gasteiger charge is -2.34. The number of amides is 1. The van der Waals surface area contributed by atoms with Gasteiger partial charge in [0.25, 0.3) is 0 Å². The van der Waals surface area contributed by atoms with Gasteiger partial charge < -0.3 is 4.90 Å². The summed E-state index contributed by atoms with van der Waals surface area (Å²) in [5.74, 6) is 0.0686. The number of carbonyl (C=O) groups is 1. The maximum absolute atomic E-state index is 13.5. The molecule has 5 heteroatoms. The highest BCUT2D eigenvalue weighted by atomic mass is 32.2. The highest BCUT2D eigenvalue weighted by Crippen LogP contribution is 2.32. The third-order valence-corrected chi connectivity index (χ3v) is 6.43. The summed E-state index contributed by atoms with van der Waals surface area (Å²) >= 11 is 1.49. The van der Waals surface area contributed by atoms with Crippen LogP contribution in [0.3, 0.4) is 0 Å². The molecule has 32 heavy (non-hydrogen) atoms. The molecule has 0 saturated heterocycles. The third-order valence-electron chi connectivity index (χ3n) is 5.52. The largest absolute Gasteiger partial charge is 0.305 e. The first kappa shape index (κ1) is 20.5. The normalized spacial score (nSPS) is 15.4. The molecule has 0 fully saturated rings. The van der Waals surface area contributed by atoms with Crippen LogP contribution >= 0.6 is 11.9 Å². The molecule has 1 atom stereocenters. The van der Waals surface area contributed by atoms with Crippen LogP contribution in [0.5, 0.6) is 0 Å². The van der Waals surface area contributed by atoms with Gasteiger partial charge in [-0.25, -0.2) is 4.72 Å². The van der Waals surface area contributed by atoms with Crippen molar-refractivity contribution < 1.29 is 4.79 Å². The van der Waals surface area contributed by atoms with Crippen molar-refractivity contribution >= 4 is 23.5 Å². The number of hydrogen-bond acceptors (Lipinski definition) is 4. The van der Waals surface area contributed by atoms with Gasteiger partial charge in [0, 0.05) is 16.9 Å². The first-order valence-electron chi connectivity index (χ1n) is 10.7. The van der Waals surface area contributed by atoms with E-state index in [0.29, 0.717) is 13.0 Å². The number of pyridine rings is 1. The van der Waals surface area contributed by atoms with Crippen molar-refractivity contribution in [2.75, 3.05) is 4.90 Å². The van der Waals surface area contributed by atoms with Gasteiger partial charge in [-0.2, -0.15) is 0 Å². The molecule has 0 aliphatic carbocycles. The second kappa shape index (κ2) is 9.39. The van der Waals surface area contributed by atoms with E-state index in [9.17, 15) is 4.79 Å². The number of fused-ring (bicyclic) bond motifs is 1. The van der Waals surface area contributed by atoms with E-state index in [0.717, 1.165) is 33.1 Å². The molecule has 1 aliphatic rings. The molecule has 0 saturated carbocycles. The van der Waals surface area contributed by atoms with E-state index < -0.39 is 0 Å². The molecule has 0 spiro atoms. The van der Waals surface area contributed by atoms with E-state index >= 15 is 0 Å². The van der Waals surface area contributed by atoms with Crippen molar-refractivity contribution in [2.45, 2.75) is 23.9 Å². The van der Waals surface area contributed by atoms with Crippen molar-refractivity contribution in [3.8, 4) is 11.3 Å². The van der Waals surface area contributed by atoms with E-state index in [1.54, 1.807) is 0 Å². The van der Waals surface area contributed by atoms with Crippen molar-refractivity contribution in [3.63, 3.8) is 0 Å². The zero-order chi connectivity index (χ0) is 21.8. The first-order chi connectivity index (χ1) is 15.8. The molecule has 5 rings (SSSR count). The molecule has 0 bridgehead atoms. The maximum atomic E-state index is 13.5. The average molecular weight is 438 g/mol. The van der Waals surface area contributed by atoms with Crippen LogP contribution in [0.1, 0.15) is 11.3 Å². The van der Waals surface area contributed by atoms with Gasteiger partial charge >= 0.3 is 0 Å². The minimum absolute atomic E-state index is 0.0686. The van der Waals surface area contributed by atoms with Crippen LogP contribution in [0.15, 0.2) is 108 Å². The van der Waals surface area contributed by atoms with Gasteiger partial charge in [-0.15, -0.1) is 0 Å². The van der Waals surface area contributed by atoms with Crippen molar-refractivity contribution in [2.24, 2.45) is 0 Å². The molecule has 1 amide bonds. The summed E-state index contributed by atoms with van der Waals surface area (Å²) in [5, 5.41) is 0. The Kier molecular flexibility index (Phi) is 6.01. The molecule has 2 heterocycles. The number of hydrogen-bond donors (Lipinski definition) is 1. The fraction of sp³-hybridized carbons (Fsp3) is 0.111. The molecular weight excluding hydrogens is 414 g/mol. The van der Waals surface area contributed by atoms with Gasteiger partial charge in [-0.3, -0.25) is 9.78 Å². The zero-order valence-corrected chi connectivity index (χ0v) is 18.3. The molecular formula is C27H23N3OS. The van der Waals surface area contributed by atoms with Gasteiger partial charge in [0.2, 0.25) is 5.91 Å². The van der Waals surface area contributed by atoms with Crippen LogP contribution in [-0.4, -0.2) is 16.9 Å². The van der Waals surface area contributed by atoms with Gasteiger partial charge in [-0.1, -0.05) is 78.9 Å². The van der Waals surface area contributed by atoms with Crippen LogP contribution in [0.4, 0.5) is 5.69 Å². The van der Waals surface area contributed by atoms with Crippen LogP contribution in [0.2, 0.25) is 0 Å². The smallest absolute Gasteiger partial charge is 0.245 e. The molecule has 3 aromatic carbocycles. The Balaban J connectivity index is 1.47. The van der Waals surface area contributed by atoms with E-state index in [1.165, 1.54) is 11.9 Å². The van der Waals surface area contributed by atoms with E-state index in [-0.39, 0.29) is 11.9 Å². The topological polar surface area (TPSA) is 45.2 Å². The van der Waals surface area contributed by atoms with Crippen molar-refractivity contribution in [1.82, 2.24) is 9.71 Å². The average Bonchev–Trinajstić information content (AvgIpc) is 2.86. The monoisotopic (exact) mass is 437 g/mol. The number of nitrogens with zero attached hydrogens (tertiary/aromatic N) is 2. The fourth-order valence-electron chi connectivity index (χ4n) is 3.90. The van der Waals surface area contributed by atoms with Crippen LogP contribution in [0, 0.1) is 0 Å². The lowest BCUT2D eigenvalue weighted by molar-refractivity contribution is -0.120. The Morgan fingerprint density at radius 3 is 2.22 bits per heavy atom. The number of benzene rings is 3. The number of anilines is 1. The van der Waals surface area contributed by atoms with Crippen LogP contribution in [0.25, 0.3) is 11.3 Å². The molecule has 4 nitrogen and oxygen atoms in total.